The lowest BCUT2D eigenvalue weighted by atomic mass is 10.1. The highest BCUT2D eigenvalue weighted by Crippen LogP contribution is 2.27. The fourth-order valence-corrected chi connectivity index (χ4v) is 3.61. The van der Waals surface area contributed by atoms with Gasteiger partial charge in [0.05, 0.1) is 11.7 Å². The molecule has 0 atom stereocenters. The van der Waals surface area contributed by atoms with Crippen molar-refractivity contribution in [2.24, 2.45) is 0 Å². The highest BCUT2D eigenvalue weighted by Gasteiger charge is 2.09. The molecule has 0 aliphatic heterocycles. The van der Waals surface area contributed by atoms with Crippen LogP contribution >= 0.6 is 0 Å². The molecule has 2 aromatic heterocycles. The average molecular weight is 449 g/mol. The minimum Gasteiger partial charge on any atom is -0.355 e. The van der Waals surface area contributed by atoms with Crippen molar-refractivity contribution in [3.63, 3.8) is 0 Å². The van der Waals surface area contributed by atoms with Crippen molar-refractivity contribution in [1.29, 1.82) is 0 Å². The van der Waals surface area contributed by atoms with Gasteiger partial charge in [0.15, 0.2) is 0 Å². The predicted molar refractivity (Wildman–Crippen MR) is 133 cm³/mol. The van der Waals surface area contributed by atoms with E-state index in [9.17, 15) is 9.18 Å². The van der Waals surface area contributed by atoms with Gasteiger partial charge in [-0.3, -0.25) is 14.8 Å². The number of halogens is 1. The van der Waals surface area contributed by atoms with Crippen LogP contribution in [0, 0.1) is 5.82 Å². The molecule has 1 amide bonds. The minimum atomic E-state index is -0.407. The minimum absolute atomic E-state index is 0.240. The second kappa shape index (κ2) is 9.38. The van der Waals surface area contributed by atoms with Crippen LogP contribution < -0.4 is 16.0 Å². The average Bonchev–Trinajstić information content (AvgIpc) is 2.85. The van der Waals surface area contributed by atoms with Crippen molar-refractivity contribution in [2.75, 3.05) is 16.0 Å². The molecule has 0 aliphatic rings. The van der Waals surface area contributed by atoms with Crippen molar-refractivity contribution in [3.8, 4) is 0 Å². The molecule has 5 rings (SSSR count). The van der Waals surface area contributed by atoms with E-state index in [1.165, 1.54) is 12.3 Å². The van der Waals surface area contributed by atoms with E-state index in [4.69, 9.17) is 0 Å². The number of anilines is 5. The number of carbonyl (C=O) groups is 1. The highest BCUT2D eigenvalue weighted by atomic mass is 19.1. The molecule has 3 aromatic carbocycles. The van der Waals surface area contributed by atoms with Crippen molar-refractivity contribution >= 4 is 45.2 Å². The van der Waals surface area contributed by atoms with Crippen LogP contribution in [0.25, 0.3) is 10.9 Å². The Balaban J connectivity index is 1.33. The van der Waals surface area contributed by atoms with Gasteiger partial charge in [-0.2, -0.15) is 0 Å². The van der Waals surface area contributed by atoms with Gasteiger partial charge in [-0.25, -0.2) is 4.39 Å². The monoisotopic (exact) mass is 449 g/mol. The van der Waals surface area contributed by atoms with Crippen molar-refractivity contribution in [3.05, 3.63) is 115 Å². The van der Waals surface area contributed by atoms with Crippen LogP contribution in [0.15, 0.2) is 104 Å². The summed E-state index contributed by atoms with van der Waals surface area (Å²) in [4.78, 5) is 21.0. The van der Waals surface area contributed by atoms with Crippen molar-refractivity contribution < 1.29 is 9.18 Å². The van der Waals surface area contributed by atoms with E-state index in [0.29, 0.717) is 33.5 Å². The molecule has 7 heteroatoms. The zero-order chi connectivity index (χ0) is 23.3. The Morgan fingerprint density at radius 3 is 2.32 bits per heavy atom. The largest absolute Gasteiger partial charge is 0.355 e. The summed E-state index contributed by atoms with van der Waals surface area (Å²) in [5, 5.41) is 10.1. The number of pyridine rings is 2. The normalized spacial score (nSPS) is 10.6. The molecule has 0 fully saturated rings. The molecule has 3 N–H and O–H groups in total. The van der Waals surface area contributed by atoms with E-state index in [-0.39, 0.29) is 5.91 Å². The Bertz CT molecular complexity index is 1470. The molecular weight excluding hydrogens is 429 g/mol. The molecule has 0 saturated heterocycles. The lowest BCUT2D eigenvalue weighted by Gasteiger charge is -2.12. The highest BCUT2D eigenvalue weighted by molar-refractivity contribution is 6.05. The number of hydrogen-bond donors (Lipinski definition) is 3. The summed E-state index contributed by atoms with van der Waals surface area (Å²) in [6.07, 6.45) is 4.61. The van der Waals surface area contributed by atoms with Gasteiger partial charge in [-0.15, -0.1) is 0 Å². The number of nitrogens with one attached hydrogen (secondary N) is 3. The zero-order valence-corrected chi connectivity index (χ0v) is 18.0. The number of carbonyl (C=O) groups excluding carboxylic acids is 1. The van der Waals surface area contributed by atoms with Crippen LogP contribution in [0.5, 0.6) is 0 Å². The number of amides is 1. The lowest BCUT2D eigenvalue weighted by molar-refractivity contribution is 0.102. The topological polar surface area (TPSA) is 78.9 Å². The molecule has 0 saturated carbocycles. The van der Waals surface area contributed by atoms with E-state index in [1.807, 2.05) is 60.7 Å². The number of hydrogen-bond acceptors (Lipinski definition) is 5. The number of benzene rings is 3. The fourth-order valence-electron chi connectivity index (χ4n) is 3.61. The third kappa shape index (κ3) is 4.83. The van der Waals surface area contributed by atoms with Gasteiger partial charge in [0, 0.05) is 51.8 Å². The molecule has 0 radical (unpaired) electrons. The van der Waals surface area contributed by atoms with Gasteiger partial charge in [-0.1, -0.05) is 18.2 Å². The Kier molecular flexibility index (Phi) is 5.82. The summed E-state index contributed by atoms with van der Waals surface area (Å²) in [5.74, 6) is -0.647. The van der Waals surface area contributed by atoms with E-state index in [0.717, 1.165) is 11.4 Å². The van der Waals surface area contributed by atoms with Crippen LogP contribution in [-0.2, 0) is 0 Å². The lowest BCUT2D eigenvalue weighted by Crippen LogP contribution is -2.12. The SMILES string of the molecule is O=C(Nc1cccc(Nc2ccncc2)c1)c1cccc(Nc2cccc3ncc(F)cc23)c1. The molecule has 2 heterocycles. The third-order valence-corrected chi connectivity index (χ3v) is 5.19. The number of rotatable bonds is 6. The van der Waals surface area contributed by atoms with Gasteiger partial charge < -0.3 is 16.0 Å². The maximum absolute atomic E-state index is 13.7. The molecule has 0 spiro atoms. The van der Waals surface area contributed by atoms with Gasteiger partial charge in [0.25, 0.3) is 5.91 Å². The summed E-state index contributed by atoms with van der Waals surface area (Å²) < 4.78 is 13.7. The molecule has 5 aromatic rings. The first kappa shape index (κ1) is 21.1. The quantitative estimate of drug-likeness (QED) is 0.275. The summed E-state index contributed by atoms with van der Waals surface area (Å²) >= 11 is 0. The van der Waals surface area contributed by atoms with Crippen LogP contribution in [0.1, 0.15) is 10.4 Å². The summed E-state index contributed by atoms with van der Waals surface area (Å²) in [6.45, 7) is 0. The second-order valence-corrected chi connectivity index (χ2v) is 7.63. The predicted octanol–water partition coefficient (Wildman–Crippen LogP) is 6.51. The summed E-state index contributed by atoms with van der Waals surface area (Å²) in [5.41, 5.74) is 4.99. The van der Waals surface area contributed by atoms with Gasteiger partial charge in [0.1, 0.15) is 5.82 Å². The molecule has 34 heavy (non-hydrogen) atoms. The van der Waals surface area contributed by atoms with Crippen LogP contribution in [0.2, 0.25) is 0 Å². The van der Waals surface area contributed by atoms with Crippen LogP contribution in [0.4, 0.5) is 32.8 Å². The standard InChI is InChI=1S/C27H20FN5O/c28-19-15-24-25(30-17-19)8-3-9-26(24)32-21-5-1-4-18(14-21)27(34)33-23-7-2-6-22(16-23)31-20-10-12-29-13-11-20/h1-17,32H,(H,29,31)(H,33,34). The second-order valence-electron chi connectivity index (χ2n) is 7.63. The van der Waals surface area contributed by atoms with Crippen molar-refractivity contribution in [2.45, 2.75) is 0 Å². The zero-order valence-electron chi connectivity index (χ0n) is 18.0. The molecule has 0 aliphatic carbocycles. The first-order valence-corrected chi connectivity index (χ1v) is 10.6. The first-order chi connectivity index (χ1) is 16.6. The molecular formula is C27H20FN5O. The van der Waals surface area contributed by atoms with Crippen LogP contribution in [-0.4, -0.2) is 15.9 Å². The van der Waals surface area contributed by atoms with E-state index < -0.39 is 5.82 Å². The summed E-state index contributed by atoms with van der Waals surface area (Å²) in [7, 11) is 0. The van der Waals surface area contributed by atoms with Crippen molar-refractivity contribution in [1.82, 2.24) is 9.97 Å². The third-order valence-electron chi connectivity index (χ3n) is 5.19. The molecule has 0 unspecified atom stereocenters. The van der Waals surface area contributed by atoms with Crippen LogP contribution in [0.3, 0.4) is 0 Å². The Morgan fingerprint density at radius 1 is 0.735 bits per heavy atom. The number of nitrogens with zero attached hydrogens (tertiary/aromatic N) is 2. The van der Waals surface area contributed by atoms with E-state index in [2.05, 4.69) is 25.9 Å². The fraction of sp³-hybridized carbons (Fsp3) is 0. The van der Waals surface area contributed by atoms with Gasteiger partial charge in [-0.05, 0) is 66.7 Å². The smallest absolute Gasteiger partial charge is 0.255 e. The molecule has 166 valence electrons. The Morgan fingerprint density at radius 2 is 1.47 bits per heavy atom. The maximum atomic E-state index is 13.7. The van der Waals surface area contributed by atoms with E-state index >= 15 is 0 Å². The maximum Gasteiger partial charge on any atom is 0.255 e. The molecule has 6 nitrogen and oxygen atoms in total. The van der Waals surface area contributed by atoms with Gasteiger partial charge >= 0.3 is 0 Å². The summed E-state index contributed by atoms with van der Waals surface area (Å²) in [6, 6.07) is 25.3. The Labute approximate surface area is 195 Å². The first-order valence-electron chi connectivity index (χ1n) is 10.6. The van der Waals surface area contributed by atoms with E-state index in [1.54, 1.807) is 30.6 Å². The number of aromatic nitrogens is 2. The molecule has 0 bridgehead atoms. The van der Waals surface area contributed by atoms with Gasteiger partial charge in [0.2, 0.25) is 0 Å². The Hall–Kier alpha value is -4.78. The number of fused-ring (bicyclic) bond motifs is 1.